The zero-order valence-corrected chi connectivity index (χ0v) is 17.9. The van der Waals surface area contributed by atoms with Crippen molar-refractivity contribution in [3.63, 3.8) is 0 Å². The van der Waals surface area contributed by atoms with Crippen LogP contribution < -0.4 is 0 Å². The van der Waals surface area contributed by atoms with Crippen molar-refractivity contribution in [2.24, 2.45) is 5.92 Å². The highest BCUT2D eigenvalue weighted by Gasteiger charge is 2.31. The minimum atomic E-state index is -3.49. The van der Waals surface area contributed by atoms with Crippen molar-refractivity contribution >= 4 is 33.6 Å². The van der Waals surface area contributed by atoms with E-state index in [1.54, 1.807) is 24.1 Å². The van der Waals surface area contributed by atoms with Gasteiger partial charge in [-0.3, -0.25) is 4.79 Å². The summed E-state index contributed by atoms with van der Waals surface area (Å²) in [5.74, 6) is -0.120. The van der Waals surface area contributed by atoms with E-state index in [9.17, 15) is 13.2 Å². The van der Waals surface area contributed by atoms with Gasteiger partial charge in [-0.25, -0.2) is 8.42 Å². The number of hydrogen-bond donors (Lipinski definition) is 0. The Hall–Kier alpha value is -2.15. The fourth-order valence-electron chi connectivity index (χ4n) is 3.47. The molecule has 1 amide bonds. The Balaban J connectivity index is 1.55. The third-order valence-corrected chi connectivity index (χ3v) is 6.88. The predicted molar refractivity (Wildman–Crippen MR) is 117 cm³/mol. The molecule has 1 aliphatic heterocycles. The minimum absolute atomic E-state index is 0.0434. The normalized spacial score (nSPS) is 16.2. The molecule has 0 radical (unpaired) electrons. The SMILES string of the molecule is CN(Cc1cccc(Cl)c1)C(=O)C1CCN(S(=O)(=O)/C=C\c2ccccc2)CC1. The summed E-state index contributed by atoms with van der Waals surface area (Å²) < 4.78 is 26.6. The molecule has 0 N–H and O–H groups in total. The molecule has 0 saturated carbocycles. The molecule has 0 atom stereocenters. The van der Waals surface area contributed by atoms with Crippen LogP contribution in [0, 0.1) is 5.92 Å². The highest BCUT2D eigenvalue weighted by atomic mass is 35.5. The number of hydrogen-bond acceptors (Lipinski definition) is 3. The Morgan fingerprint density at radius 3 is 2.48 bits per heavy atom. The van der Waals surface area contributed by atoms with Crippen molar-refractivity contribution in [2.45, 2.75) is 19.4 Å². The van der Waals surface area contributed by atoms with Crippen LogP contribution in [0.25, 0.3) is 6.08 Å². The number of rotatable bonds is 6. The van der Waals surface area contributed by atoms with Crippen LogP contribution in [0.2, 0.25) is 5.02 Å². The smallest absolute Gasteiger partial charge is 0.236 e. The van der Waals surface area contributed by atoms with E-state index < -0.39 is 10.0 Å². The molecule has 1 aliphatic rings. The van der Waals surface area contributed by atoms with Crippen LogP contribution in [0.1, 0.15) is 24.0 Å². The van der Waals surface area contributed by atoms with Gasteiger partial charge in [-0.15, -0.1) is 0 Å². The molecule has 2 aromatic carbocycles. The Bertz CT molecular complexity index is 969. The molecule has 0 aliphatic carbocycles. The highest BCUT2D eigenvalue weighted by molar-refractivity contribution is 7.92. The van der Waals surface area contributed by atoms with Gasteiger partial charge >= 0.3 is 0 Å². The first kappa shape index (κ1) is 21.6. The topological polar surface area (TPSA) is 57.7 Å². The van der Waals surface area contributed by atoms with E-state index in [-0.39, 0.29) is 11.8 Å². The fraction of sp³-hybridized carbons (Fsp3) is 0.318. The number of nitrogens with zero attached hydrogens (tertiary/aromatic N) is 2. The van der Waals surface area contributed by atoms with Crippen molar-refractivity contribution in [3.05, 3.63) is 76.2 Å². The lowest BCUT2D eigenvalue weighted by molar-refractivity contribution is -0.135. The third kappa shape index (κ3) is 5.92. The number of carbonyl (C=O) groups is 1. The Labute approximate surface area is 177 Å². The molecule has 29 heavy (non-hydrogen) atoms. The summed E-state index contributed by atoms with van der Waals surface area (Å²) in [7, 11) is -1.72. The molecule has 154 valence electrons. The van der Waals surface area contributed by atoms with Crippen LogP contribution in [0.3, 0.4) is 0 Å². The van der Waals surface area contributed by atoms with Gasteiger partial charge in [0.25, 0.3) is 0 Å². The predicted octanol–water partition coefficient (Wildman–Crippen LogP) is 4.01. The lowest BCUT2D eigenvalue weighted by Crippen LogP contribution is -2.42. The fourth-order valence-corrected chi connectivity index (χ4v) is 4.90. The molecule has 2 aromatic rings. The first-order valence-corrected chi connectivity index (χ1v) is 11.5. The quantitative estimate of drug-likeness (QED) is 0.692. The molecule has 0 bridgehead atoms. The molecular formula is C22H25ClN2O3S. The number of benzene rings is 2. The van der Waals surface area contributed by atoms with Crippen LogP contribution in [0.5, 0.6) is 0 Å². The lowest BCUT2D eigenvalue weighted by Gasteiger charge is -2.32. The van der Waals surface area contributed by atoms with Crippen LogP contribution in [-0.2, 0) is 21.4 Å². The minimum Gasteiger partial charge on any atom is -0.341 e. The van der Waals surface area contributed by atoms with Gasteiger partial charge in [0.05, 0.1) is 0 Å². The Morgan fingerprint density at radius 1 is 1.14 bits per heavy atom. The number of piperidine rings is 1. The van der Waals surface area contributed by atoms with Crippen LogP contribution in [0.15, 0.2) is 60.0 Å². The molecule has 0 unspecified atom stereocenters. The summed E-state index contributed by atoms with van der Waals surface area (Å²) in [5.41, 5.74) is 1.81. The largest absolute Gasteiger partial charge is 0.341 e. The van der Waals surface area contributed by atoms with Gasteiger partial charge in [0.2, 0.25) is 15.9 Å². The van der Waals surface area contributed by atoms with Gasteiger partial charge in [-0.05, 0) is 42.2 Å². The zero-order chi connectivity index (χ0) is 20.9. The van der Waals surface area contributed by atoms with Crippen LogP contribution in [-0.4, -0.2) is 43.7 Å². The molecule has 1 saturated heterocycles. The van der Waals surface area contributed by atoms with Gasteiger partial charge < -0.3 is 4.90 Å². The second kappa shape index (κ2) is 9.57. The van der Waals surface area contributed by atoms with E-state index in [2.05, 4.69) is 0 Å². The molecular weight excluding hydrogens is 408 g/mol. The first-order valence-electron chi connectivity index (χ1n) is 9.58. The van der Waals surface area contributed by atoms with Gasteiger partial charge in [-0.1, -0.05) is 54.1 Å². The van der Waals surface area contributed by atoms with E-state index >= 15 is 0 Å². The van der Waals surface area contributed by atoms with Gasteiger partial charge in [0, 0.05) is 43.0 Å². The van der Waals surface area contributed by atoms with E-state index in [0.29, 0.717) is 37.5 Å². The average Bonchev–Trinajstić information content (AvgIpc) is 2.72. The summed E-state index contributed by atoms with van der Waals surface area (Å²) in [5, 5.41) is 1.89. The highest BCUT2D eigenvalue weighted by Crippen LogP contribution is 2.23. The maximum absolute atomic E-state index is 12.8. The molecule has 3 rings (SSSR count). The lowest BCUT2D eigenvalue weighted by atomic mass is 9.96. The van der Waals surface area contributed by atoms with Crippen LogP contribution >= 0.6 is 11.6 Å². The number of carbonyl (C=O) groups excluding carboxylic acids is 1. The summed E-state index contributed by atoms with van der Waals surface area (Å²) in [6.07, 6.45) is 2.65. The third-order valence-electron chi connectivity index (χ3n) is 5.08. The summed E-state index contributed by atoms with van der Waals surface area (Å²) in [4.78, 5) is 14.5. The molecule has 0 aromatic heterocycles. The summed E-state index contributed by atoms with van der Waals surface area (Å²) >= 11 is 6.01. The van der Waals surface area contributed by atoms with Gasteiger partial charge in [0.1, 0.15) is 0 Å². The van der Waals surface area contributed by atoms with E-state index in [1.165, 1.54) is 9.71 Å². The molecule has 1 fully saturated rings. The average molecular weight is 433 g/mol. The molecule has 5 nitrogen and oxygen atoms in total. The molecule has 0 spiro atoms. The Kier molecular flexibility index (Phi) is 7.11. The first-order chi connectivity index (χ1) is 13.8. The molecule has 1 heterocycles. The Morgan fingerprint density at radius 2 is 1.83 bits per heavy atom. The maximum Gasteiger partial charge on any atom is 0.236 e. The number of halogens is 1. The second-order valence-corrected chi connectivity index (χ2v) is 9.51. The molecule has 7 heteroatoms. The van der Waals surface area contributed by atoms with Gasteiger partial charge in [-0.2, -0.15) is 4.31 Å². The monoisotopic (exact) mass is 432 g/mol. The van der Waals surface area contributed by atoms with Crippen molar-refractivity contribution in [2.75, 3.05) is 20.1 Å². The zero-order valence-electron chi connectivity index (χ0n) is 16.4. The standard InChI is InChI=1S/C22H25ClN2O3S/c1-24(17-19-8-5-9-21(23)16-19)22(26)20-10-13-25(14-11-20)29(27,28)15-12-18-6-3-2-4-7-18/h2-9,12,15-16,20H,10-11,13-14,17H2,1H3/b15-12-. The van der Waals surface area contributed by atoms with E-state index in [1.807, 2.05) is 48.5 Å². The van der Waals surface area contributed by atoms with E-state index in [4.69, 9.17) is 11.6 Å². The number of amides is 1. The van der Waals surface area contributed by atoms with Gasteiger partial charge in [0.15, 0.2) is 0 Å². The van der Waals surface area contributed by atoms with Crippen molar-refractivity contribution in [3.8, 4) is 0 Å². The van der Waals surface area contributed by atoms with E-state index in [0.717, 1.165) is 11.1 Å². The second-order valence-electron chi connectivity index (χ2n) is 7.26. The van der Waals surface area contributed by atoms with Crippen molar-refractivity contribution in [1.29, 1.82) is 0 Å². The maximum atomic E-state index is 12.8. The summed E-state index contributed by atoms with van der Waals surface area (Å²) in [6.45, 7) is 1.18. The van der Waals surface area contributed by atoms with Crippen molar-refractivity contribution < 1.29 is 13.2 Å². The van der Waals surface area contributed by atoms with Crippen molar-refractivity contribution in [1.82, 2.24) is 9.21 Å². The van der Waals surface area contributed by atoms with Crippen LogP contribution in [0.4, 0.5) is 0 Å². The number of sulfonamides is 1. The summed E-state index contributed by atoms with van der Waals surface area (Å²) in [6, 6.07) is 16.8.